The zero-order valence-corrected chi connectivity index (χ0v) is 38.8. The molecule has 2 aliphatic carbocycles. The van der Waals surface area contributed by atoms with E-state index in [1.165, 1.54) is 88.6 Å². The first-order valence-electron chi connectivity index (χ1n) is 21.6. The van der Waals surface area contributed by atoms with Crippen LogP contribution in [-0.2, 0) is 34.3 Å². The van der Waals surface area contributed by atoms with Gasteiger partial charge in [0.05, 0.1) is 0 Å². The molecule has 0 radical (unpaired) electrons. The Kier molecular flexibility index (Phi) is 11.0. The van der Waals surface area contributed by atoms with Crippen molar-refractivity contribution in [1.82, 2.24) is 0 Å². The van der Waals surface area contributed by atoms with Crippen LogP contribution in [-0.4, -0.2) is 9.52 Å². The maximum atomic E-state index is 2.72. The summed E-state index contributed by atoms with van der Waals surface area (Å²) in [5, 5.41) is 3.42. The molecule has 56 heavy (non-hydrogen) atoms. The van der Waals surface area contributed by atoms with Crippen LogP contribution >= 0.6 is 0 Å². The molecule has 2 heteroatoms. The average Bonchev–Trinajstić information content (AvgIpc) is 3.94. The Morgan fingerprint density at radius 3 is 1.46 bits per heavy atom. The molecule has 279 valence electrons. The van der Waals surface area contributed by atoms with Gasteiger partial charge in [0.1, 0.15) is 0 Å². The Hall–Kier alpha value is -4.11. The number of allylic oxidation sites excluding steroid dienone is 2. The van der Waals surface area contributed by atoms with Crippen molar-refractivity contribution in [3.8, 4) is 33.4 Å². The molecular weight excluding hydrogens is 855 g/mol. The summed E-state index contributed by atoms with van der Waals surface area (Å²) in [5.41, 5.74) is 21.4. The molecule has 6 aromatic rings. The minimum atomic E-state index is -3.10. The molecule has 0 saturated heterocycles. The molecule has 3 aliphatic rings. The second-order valence-corrected chi connectivity index (χ2v) is 27.4. The summed E-state index contributed by atoms with van der Waals surface area (Å²) in [6.45, 7) is 9.38. The van der Waals surface area contributed by atoms with E-state index in [4.69, 9.17) is 0 Å². The summed E-state index contributed by atoms with van der Waals surface area (Å²) in [4.78, 5) is 0. The Bertz CT molecular complexity index is 2360. The van der Waals surface area contributed by atoms with Gasteiger partial charge in [0, 0.05) is 0 Å². The van der Waals surface area contributed by atoms with Crippen molar-refractivity contribution in [3.63, 3.8) is 0 Å². The SMILES string of the molecule is CCCCC1=Cc2c(-c3ccccc3CC)cccc2[CH]1[Hf]([c]1cccc2c1[SiH2]c1ccccc1-2)[CH]1C(CCCC)=Cc2c(-c3ccccc3CC)cccc21. The Balaban J connectivity index is 1.31. The van der Waals surface area contributed by atoms with Crippen LogP contribution in [0.3, 0.4) is 0 Å². The van der Waals surface area contributed by atoms with Gasteiger partial charge in [0.25, 0.3) is 0 Å². The summed E-state index contributed by atoms with van der Waals surface area (Å²) >= 11 is -3.10. The third-order valence-corrected chi connectivity index (χ3v) is 29.8. The molecule has 9 rings (SSSR count). The van der Waals surface area contributed by atoms with Gasteiger partial charge in [-0.05, 0) is 0 Å². The van der Waals surface area contributed by atoms with Crippen molar-refractivity contribution < 1.29 is 21.4 Å². The Morgan fingerprint density at radius 1 is 0.464 bits per heavy atom. The van der Waals surface area contributed by atoms with Crippen LogP contribution in [0.15, 0.2) is 139 Å². The number of aryl methyl sites for hydroxylation is 2. The second kappa shape index (κ2) is 16.4. The fourth-order valence-corrected chi connectivity index (χ4v) is 29.9. The molecule has 2 atom stereocenters. The van der Waals surface area contributed by atoms with Crippen molar-refractivity contribution in [1.29, 1.82) is 0 Å². The van der Waals surface area contributed by atoms with Crippen LogP contribution in [0, 0.1) is 0 Å². The van der Waals surface area contributed by atoms with Crippen LogP contribution in [0.1, 0.15) is 107 Å². The maximum absolute atomic E-state index is 3.10. The van der Waals surface area contributed by atoms with Gasteiger partial charge in [-0.3, -0.25) is 0 Å². The van der Waals surface area contributed by atoms with Gasteiger partial charge in [-0.2, -0.15) is 0 Å². The monoisotopic (exact) mass is 911 g/mol. The molecule has 0 N–H and O–H groups in total. The van der Waals surface area contributed by atoms with E-state index >= 15 is 0 Å². The van der Waals surface area contributed by atoms with Gasteiger partial charge in [-0.1, -0.05) is 0 Å². The first-order valence-corrected chi connectivity index (χ1v) is 28.9. The summed E-state index contributed by atoms with van der Waals surface area (Å²) in [5.74, 6) is 0. The minimum absolute atomic E-state index is 0.520. The Labute approximate surface area is 346 Å². The molecule has 1 aliphatic heterocycles. The second-order valence-electron chi connectivity index (χ2n) is 16.3. The van der Waals surface area contributed by atoms with Crippen LogP contribution in [0.5, 0.6) is 0 Å². The first-order chi connectivity index (χ1) is 27.6. The first kappa shape index (κ1) is 37.5. The third kappa shape index (κ3) is 6.55. The summed E-state index contributed by atoms with van der Waals surface area (Å²) in [7, 11) is -0.604. The average molecular weight is 911 g/mol. The fourth-order valence-electron chi connectivity index (χ4n) is 10.4. The zero-order valence-electron chi connectivity index (χ0n) is 33.8. The van der Waals surface area contributed by atoms with Gasteiger partial charge in [0.2, 0.25) is 0 Å². The molecular formula is C54H55HfSi. The topological polar surface area (TPSA) is 0 Å². The van der Waals surface area contributed by atoms with Crippen LogP contribution in [0.4, 0.5) is 0 Å². The normalized spacial score (nSPS) is 16.6. The summed E-state index contributed by atoms with van der Waals surface area (Å²) in [6, 6.07) is 50.1. The standard InChI is InChI=1S/2C21H23.C12H9Si.Hf/c2*1-3-5-9-16-14-18-11-8-13-20(21(18)15-16)19-12-7-6-10-17(19)4-2;1-3-7-11-9(5-1)10-6-2-4-8-12(10)13-11;/h2*6-8,10-15H,3-5,9H2,1-2H3;1-7H,13H2;. The van der Waals surface area contributed by atoms with Crippen molar-refractivity contribution in [2.45, 2.75) is 86.4 Å². The third-order valence-electron chi connectivity index (χ3n) is 13.1. The molecule has 0 nitrogen and oxygen atoms in total. The molecule has 0 bridgehead atoms. The molecule has 1 heterocycles. The van der Waals surface area contributed by atoms with E-state index in [9.17, 15) is 0 Å². The quantitative estimate of drug-likeness (QED) is 0.101. The van der Waals surface area contributed by atoms with E-state index in [0.717, 1.165) is 12.8 Å². The number of hydrogen-bond acceptors (Lipinski definition) is 0. The number of hydrogen-bond donors (Lipinski definition) is 0. The van der Waals surface area contributed by atoms with E-state index in [-0.39, 0.29) is 0 Å². The van der Waals surface area contributed by atoms with Gasteiger partial charge in [0.15, 0.2) is 0 Å². The van der Waals surface area contributed by atoms with Gasteiger partial charge in [-0.15, -0.1) is 0 Å². The van der Waals surface area contributed by atoms with Gasteiger partial charge in [-0.25, -0.2) is 0 Å². The molecule has 0 amide bonds. The van der Waals surface area contributed by atoms with Gasteiger partial charge < -0.3 is 0 Å². The molecule has 2 unspecified atom stereocenters. The number of rotatable bonds is 13. The predicted molar refractivity (Wildman–Crippen MR) is 242 cm³/mol. The molecule has 0 saturated carbocycles. The van der Waals surface area contributed by atoms with Crippen molar-refractivity contribution in [2.24, 2.45) is 0 Å². The van der Waals surface area contributed by atoms with Crippen molar-refractivity contribution >= 4 is 35.4 Å². The predicted octanol–water partition coefficient (Wildman–Crippen LogP) is 12.1. The van der Waals surface area contributed by atoms with Gasteiger partial charge >= 0.3 is 349 Å². The zero-order chi connectivity index (χ0) is 38.2. The van der Waals surface area contributed by atoms with Crippen molar-refractivity contribution in [3.05, 3.63) is 172 Å². The Morgan fingerprint density at radius 2 is 0.929 bits per heavy atom. The number of benzene rings is 6. The van der Waals surface area contributed by atoms with E-state index in [1.54, 1.807) is 38.2 Å². The van der Waals surface area contributed by atoms with Crippen molar-refractivity contribution in [2.75, 3.05) is 0 Å². The van der Waals surface area contributed by atoms with E-state index in [2.05, 4.69) is 167 Å². The van der Waals surface area contributed by atoms with Crippen LogP contribution < -0.4 is 13.7 Å². The van der Waals surface area contributed by atoms with Crippen LogP contribution in [0.2, 0.25) is 0 Å². The summed E-state index contributed by atoms with van der Waals surface area (Å²) < 4.78 is 2.87. The molecule has 6 aromatic carbocycles. The number of unbranched alkanes of at least 4 members (excludes halogenated alkanes) is 2. The van der Waals surface area contributed by atoms with E-state index < -0.39 is 31.0 Å². The number of fused-ring (bicyclic) bond motifs is 5. The van der Waals surface area contributed by atoms with Crippen LogP contribution in [0.25, 0.3) is 45.5 Å². The van der Waals surface area contributed by atoms with E-state index in [0.29, 0.717) is 7.35 Å². The fraction of sp³-hybridized carbons (Fsp3) is 0.259. The molecule has 0 spiro atoms. The van der Waals surface area contributed by atoms with E-state index in [1.807, 2.05) is 3.32 Å². The summed E-state index contributed by atoms with van der Waals surface area (Å²) in [6.07, 6.45) is 14.9. The molecule has 0 aromatic heterocycles. The molecule has 0 fully saturated rings.